The van der Waals surface area contributed by atoms with Crippen molar-refractivity contribution in [1.82, 2.24) is 20.2 Å². The number of amides is 1. The molecule has 1 amide bonds. The Hall–Kier alpha value is -1.41. The van der Waals surface area contributed by atoms with Gasteiger partial charge in [-0.05, 0) is 44.1 Å². The summed E-state index contributed by atoms with van der Waals surface area (Å²) in [7, 11) is 3.50. The van der Waals surface area contributed by atoms with E-state index >= 15 is 0 Å². The quantitative estimate of drug-likeness (QED) is 0.751. The van der Waals surface area contributed by atoms with E-state index in [4.69, 9.17) is 4.74 Å². The van der Waals surface area contributed by atoms with Crippen LogP contribution < -0.4 is 10.6 Å². The van der Waals surface area contributed by atoms with E-state index in [0.29, 0.717) is 19.6 Å². The first-order chi connectivity index (χ1) is 12.1. The molecule has 27 heavy (non-hydrogen) atoms. The van der Waals surface area contributed by atoms with Crippen LogP contribution >= 0.6 is 24.8 Å². The molecule has 1 saturated heterocycles. The number of halogens is 3. The van der Waals surface area contributed by atoms with E-state index in [2.05, 4.69) is 15.6 Å². The predicted octanol–water partition coefficient (Wildman–Crippen LogP) is 2.23. The average molecular weight is 421 g/mol. The summed E-state index contributed by atoms with van der Waals surface area (Å²) < 4.78 is 20.6. The number of carbonyl (C=O) groups excluding carboxylic acids is 1. The Morgan fingerprint density at radius 3 is 2.74 bits per heavy atom. The fraction of sp³-hybridized carbons (Fsp3) is 0.556. The molecule has 3 rings (SSSR count). The normalized spacial score (nSPS) is 15.7. The molecule has 0 bridgehead atoms. The standard InChI is InChI=1S/C18H25FN4O2.2ClH/c1-23-15-11-13(19)3-4-14(15)22-16(23)5-8-21-17(24)18(12-25-2)6-9-20-10-7-18;;/h3-4,11,20H,5-10,12H2,1-2H3,(H,21,24);2*1H. The van der Waals surface area contributed by atoms with E-state index in [0.717, 1.165) is 42.8 Å². The van der Waals surface area contributed by atoms with Crippen LogP contribution in [0.2, 0.25) is 0 Å². The van der Waals surface area contributed by atoms with Gasteiger partial charge >= 0.3 is 0 Å². The minimum Gasteiger partial charge on any atom is -0.384 e. The van der Waals surface area contributed by atoms with Crippen LogP contribution in [0.4, 0.5) is 4.39 Å². The minimum atomic E-state index is -0.449. The molecule has 2 heterocycles. The third-order valence-corrected chi connectivity index (χ3v) is 5.03. The maximum atomic E-state index is 13.4. The van der Waals surface area contributed by atoms with E-state index in [1.807, 2.05) is 11.6 Å². The highest BCUT2D eigenvalue weighted by Gasteiger charge is 2.39. The van der Waals surface area contributed by atoms with Gasteiger partial charge in [0.05, 0.1) is 23.1 Å². The predicted molar refractivity (Wildman–Crippen MR) is 108 cm³/mol. The molecule has 1 fully saturated rings. The number of fused-ring (bicyclic) bond motifs is 1. The Bertz CT molecular complexity index is 758. The SMILES string of the molecule is COCC1(C(=O)NCCc2nc3ccc(F)cc3n2C)CCNCC1.Cl.Cl. The molecule has 2 N–H and O–H groups in total. The largest absolute Gasteiger partial charge is 0.384 e. The molecule has 6 nitrogen and oxygen atoms in total. The van der Waals surface area contributed by atoms with Gasteiger partial charge in [0.2, 0.25) is 5.91 Å². The first kappa shape index (κ1) is 23.6. The molecular weight excluding hydrogens is 394 g/mol. The summed E-state index contributed by atoms with van der Waals surface area (Å²) in [5.41, 5.74) is 1.07. The van der Waals surface area contributed by atoms with Gasteiger partial charge in [0.25, 0.3) is 0 Å². The van der Waals surface area contributed by atoms with Crippen molar-refractivity contribution in [3.8, 4) is 0 Å². The summed E-state index contributed by atoms with van der Waals surface area (Å²) in [5, 5.41) is 6.32. The van der Waals surface area contributed by atoms with Crippen LogP contribution in [0.25, 0.3) is 11.0 Å². The Morgan fingerprint density at radius 2 is 2.07 bits per heavy atom. The number of carbonyl (C=O) groups is 1. The number of aryl methyl sites for hydroxylation is 1. The lowest BCUT2D eigenvalue weighted by Gasteiger charge is -2.35. The van der Waals surface area contributed by atoms with Crippen molar-refractivity contribution in [3.63, 3.8) is 0 Å². The first-order valence-electron chi connectivity index (χ1n) is 8.64. The summed E-state index contributed by atoms with van der Waals surface area (Å²) in [6, 6.07) is 4.56. The second-order valence-electron chi connectivity index (χ2n) is 6.69. The molecule has 1 aliphatic rings. The zero-order chi connectivity index (χ0) is 17.9. The third kappa shape index (κ3) is 5.10. The Balaban J connectivity index is 0.00000182. The van der Waals surface area contributed by atoms with Gasteiger partial charge in [-0.2, -0.15) is 0 Å². The molecule has 0 spiro atoms. The van der Waals surface area contributed by atoms with Gasteiger partial charge in [-0.25, -0.2) is 9.37 Å². The van der Waals surface area contributed by atoms with Gasteiger partial charge in [0, 0.05) is 27.1 Å². The molecule has 2 aromatic rings. The molecule has 1 aromatic carbocycles. The molecule has 152 valence electrons. The lowest BCUT2D eigenvalue weighted by Crippen LogP contribution is -2.50. The van der Waals surface area contributed by atoms with Crippen molar-refractivity contribution in [2.45, 2.75) is 19.3 Å². The monoisotopic (exact) mass is 420 g/mol. The molecule has 1 aromatic heterocycles. The van der Waals surface area contributed by atoms with Crippen molar-refractivity contribution in [3.05, 3.63) is 29.8 Å². The molecule has 0 atom stereocenters. The third-order valence-electron chi connectivity index (χ3n) is 5.03. The van der Waals surface area contributed by atoms with Crippen LogP contribution in [-0.2, 0) is 23.0 Å². The van der Waals surface area contributed by atoms with Crippen molar-refractivity contribution >= 4 is 41.8 Å². The highest BCUT2D eigenvalue weighted by Crippen LogP contribution is 2.29. The number of nitrogens with zero attached hydrogens (tertiary/aromatic N) is 2. The van der Waals surface area contributed by atoms with Crippen molar-refractivity contribution in [2.24, 2.45) is 12.5 Å². The molecule has 9 heteroatoms. The fourth-order valence-corrected chi connectivity index (χ4v) is 3.53. The van der Waals surface area contributed by atoms with E-state index in [9.17, 15) is 9.18 Å². The van der Waals surface area contributed by atoms with Crippen LogP contribution in [-0.4, -0.2) is 48.8 Å². The van der Waals surface area contributed by atoms with Crippen LogP contribution in [0.5, 0.6) is 0 Å². The van der Waals surface area contributed by atoms with E-state index in [1.54, 1.807) is 13.2 Å². The maximum absolute atomic E-state index is 13.4. The topological polar surface area (TPSA) is 68.2 Å². The Labute approximate surface area is 171 Å². The number of methoxy groups -OCH3 is 1. The Morgan fingerprint density at radius 1 is 1.37 bits per heavy atom. The number of imidazole rings is 1. The zero-order valence-corrected chi connectivity index (χ0v) is 17.2. The molecule has 1 aliphatic heterocycles. The van der Waals surface area contributed by atoms with Crippen molar-refractivity contribution < 1.29 is 13.9 Å². The van der Waals surface area contributed by atoms with E-state index < -0.39 is 5.41 Å². The Kier molecular flexibility index (Phi) is 8.94. The summed E-state index contributed by atoms with van der Waals surface area (Å²) in [5.74, 6) is 0.593. The van der Waals surface area contributed by atoms with Gasteiger partial charge in [0.1, 0.15) is 11.6 Å². The van der Waals surface area contributed by atoms with Crippen molar-refractivity contribution in [1.29, 1.82) is 0 Å². The number of rotatable bonds is 6. The second-order valence-corrected chi connectivity index (χ2v) is 6.69. The number of aromatic nitrogens is 2. The molecule has 0 saturated carbocycles. The summed E-state index contributed by atoms with van der Waals surface area (Å²) in [4.78, 5) is 17.2. The number of hydrogen-bond donors (Lipinski definition) is 2. The van der Waals surface area contributed by atoms with Crippen LogP contribution in [0.1, 0.15) is 18.7 Å². The molecule has 0 aliphatic carbocycles. The second kappa shape index (κ2) is 10.2. The van der Waals surface area contributed by atoms with E-state index in [-0.39, 0.29) is 36.5 Å². The molecule has 0 unspecified atom stereocenters. The maximum Gasteiger partial charge on any atom is 0.228 e. The minimum absolute atomic E-state index is 0. The smallest absolute Gasteiger partial charge is 0.228 e. The highest BCUT2D eigenvalue weighted by molar-refractivity contribution is 5.85. The average Bonchev–Trinajstić information content (AvgIpc) is 2.92. The fourth-order valence-electron chi connectivity index (χ4n) is 3.53. The van der Waals surface area contributed by atoms with Gasteiger partial charge in [-0.1, -0.05) is 0 Å². The number of piperidine rings is 1. The summed E-state index contributed by atoms with van der Waals surface area (Å²) in [6.07, 6.45) is 2.15. The number of benzene rings is 1. The van der Waals surface area contributed by atoms with Crippen LogP contribution in [0, 0.1) is 11.2 Å². The van der Waals surface area contributed by atoms with Gasteiger partial charge in [-0.15, -0.1) is 24.8 Å². The molecular formula is C18H27Cl2FN4O2. The lowest BCUT2D eigenvalue weighted by atomic mass is 9.78. The van der Waals surface area contributed by atoms with Gasteiger partial charge in [0.15, 0.2) is 0 Å². The van der Waals surface area contributed by atoms with Gasteiger partial charge < -0.3 is 19.9 Å². The first-order valence-corrected chi connectivity index (χ1v) is 8.64. The van der Waals surface area contributed by atoms with Crippen LogP contribution in [0.3, 0.4) is 0 Å². The van der Waals surface area contributed by atoms with E-state index in [1.165, 1.54) is 12.1 Å². The number of hydrogen-bond acceptors (Lipinski definition) is 4. The molecule has 0 radical (unpaired) electrons. The summed E-state index contributed by atoms with van der Waals surface area (Å²) in [6.45, 7) is 2.59. The van der Waals surface area contributed by atoms with Gasteiger partial charge in [-0.3, -0.25) is 4.79 Å². The lowest BCUT2D eigenvalue weighted by molar-refractivity contribution is -0.136. The number of ether oxygens (including phenoxy) is 1. The van der Waals surface area contributed by atoms with Crippen LogP contribution in [0.15, 0.2) is 18.2 Å². The number of nitrogens with one attached hydrogen (secondary N) is 2. The zero-order valence-electron chi connectivity index (χ0n) is 15.6. The van der Waals surface area contributed by atoms with Crippen molar-refractivity contribution in [2.75, 3.05) is 33.4 Å². The highest BCUT2D eigenvalue weighted by atomic mass is 35.5. The summed E-state index contributed by atoms with van der Waals surface area (Å²) >= 11 is 0.